The molecule has 3 unspecified atom stereocenters. The Morgan fingerprint density at radius 1 is 0.675 bits per heavy atom. The zero-order valence-electron chi connectivity index (χ0n) is 43.1. The predicted molar refractivity (Wildman–Crippen MR) is 300 cm³/mol. The van der Waals surface area contributed by atoms with E-state index in [0.29, 0.717) is 33.9 Å². The summed E-state index contributed by atoms with van der Waals surface area (Å²) < 4.78 is 28.8. The third kappa shape index (κ3) is 19.3. The maximum atomic E-state index is 12.3. The number of aromatic nitrogens is 2. The van der Waals surface area contributed by atoms with Crippen LogP contribution in [-0.4, -0.2) is 91.5 Å². The number of carbonyl (C=O) groups excluding carboxylic acids is 2. The summed E-state index contributed by atoms with van der Waals surface area (Å²) in [6.45, 7) is 1.83. The first-order valence-electron chi connectivity index (χ1n) is 24.4. The number of allylic oxidation sites excluding steroid dienone is 1. The van der Waals surface area contributed by atoms with Crippen molar-refractivity contribution in [3.8, 4) is 11.8 Å². The van der Waals surface area contributed by atoms with Crippen molar-refractivity contribution in [2.45, 2.75) is 63.8 Å². The molecule has 0 saturated carbocycles. The molecule has 2 aromatic heterocycles. The van der Waals surface area contributed by atoms with E-state index in [1.54, 1.807) is 42.8 Å². The topological polar surface area (TPSA) is 194 Å². The Kier molecular flexibility index (Phi) is 27.1. The highest BCUT2D eigenvalue weighted by molar-refractivity contribution is 6.46. The van der Waals surface area contributed by atoms with E-state index in [0.717, 1.165) is 48.1 Å². The van der Waals surface area contributed by atoms with Gasteiger partial charge in [-0.3, -0.25) is 9.59 Å². The lowest BCUT2D eigenvalue weighted by molar-refractivity contribution is -0.181. The van der Waals surface area contributed by atoms with Crippen LogP contribution in [0.2, 0.25) is 10.0 Å². The standard InChI is InChI=1S/C28H30ClN3O5.C23H22ClN3O4.C5H8O.CH2Cl2/c1-30-27(33)25(32-34-2)22-13-7-6-12-20(22)18-36-28-23(29)16-21(17-31-28)26(19-10-4-3-5-11-19)37-24-14-8-9-15-35-24;1-25-22(29)20(27-30-2)18-11-7-6-10-16(18)14-31-23-19(24)12-17(13-26-23)21(28)15-8-4-3-5-9-15;1-2-4-6-5-3-1;2-1-3/h3-7,10-13,16-17,24,26H,8-9,14-15,18H2,1-2H3,(H,30,33);3-13,21,28H,14H2,1-2H3,(H,25,29);2,4H,1,3,5H2;1H2/b32-25+;27-20+;;. The summed E-state index contributed by atoms with van der Waals surface area (Å²) >= 11 is 22.5. The van der Waals surface area contributed by atoms with Crippen LogP contribution in [0, 0.1) is 0 Å². The molecule has 408 valence electrons. The molecule has 2 aliphatic rings. The lowest BCUT2D eigenvalue weighted by Gasteiger charge is -2.28. The highest BCUT2D eigenvalue weighted by atomic mass is 35.5. The predicted octanol–water partition coefficient (Wildman–Crippen LogP) is 11.3. The lowest BCUT2D eigenvalue weighted by atomic mass is 10.0. The number of alkyl halides is 2. The van der Waals surface area contributed by atoms with Gasteiger partial charge < -0.3 is 49.1 Å². The van der Waals surface area contributed by atoms with E-state index in [-0.39, 0.29) is 71.0 Å². The largest absolute Gasteiger partial charge is 0.502 e. The minimum atomic E-state index is -0.846. The third-order valence-corrected chi connectivity index (χ3v) is 11.8. The van der Waals surface area contributed by atoms with Gasteiger partial charge in [0.2, 0.25) is 11.8 Å². The van der Waals surface area contributed by atoms with Crippen LogP contribution in [0.3, 0.4) is 0 Å². The molecule has 77 heavy (non-hydrogen) atoms. The Bertz CT molecular complexity index is 2830. The number of ether oxygens (including phenoxy) is 5. The fraction of sp³-hybridized carbons (Fsp3) is 0.298. The summed E-state index contributed by atoms with van der Waals surface area (Å²) in [6, 6.07) is 37.0. The van der Waals surface area contributed by atoms with E-state index in [2.05, 4.69) is 30.9 Å². The van der Waals surface area contributed by atoms with Crippen molar-refractivity contribution < 1.29 is 48.1 Å². The molecule has 3 atom stereocenters. The number of hydrogen-bond donors (Lipinski definition) is 3. The van der Waals surface area contributed by atoms with Gasteiger partial charge in [0.25, 0.3) is 11.8 Å². The second kappa shape index (κ2) is 34.1. The van der Waals surface area contributed by atoms with Crippen LogP contribution in [0.5, 0.6) is 11.8 Å². The molecule has 3 N–H and O–H groups in total. The summed E-state index contributed by atoms with van der Waals surface area (Å²) in [6.07, 6.45) is 10.9. The van der Waals surface area contributed by atoms with E-state index >= 15 is 0 Å². The van der Waals surface area contributed by atoms with Gasteiger partial charge in [-0.15, -0.1) is 23.2 Å². The van der Waals surface area contributed by atoms with Gasteiger partial charge in [0, 0.05) is 55.3 Å². The summed E-state index contributed by atoms with van der Waals surface area (Å²) in [5.74, 6) is -0.273. The average molecular weight is 1130 g/mol. The zero-order chi connectivity index (χ0) is 55.2. The van der Waals surface area contributed by atoms with Gasteiger partial charge in [0.15, 0.2) is 17.7 Å². The van der Waals surface area contributed by atoms with E-state index in [4.69, 9.17) is 79.8 Å². The molecular weight excluding hydrogens is 1070 g/mol. The number of amides is 2. The first-order chi connectivity index (χ1) is 37.6. The number of aliphatic hydroxyl groups excluding tert-OH is 1. The molecule has 20 heteroatoms. The highest BCUT2D eigenvalue weighted by Crippen LogP contribution is 2.34. The van der Waals surface area contributed by atoms with Crippen LogP contribution in [-0.2, 0) is 46.7 Å². The van der Waals surface area contributed by atoms with E-state index in [1.165, 1.54) is 47.4 Å². The molecule has 16 nitrogen and oxygen atoms in total. The van der Waals surface area contributed by atoms with Gasteiger partial charge >= 0.3 is 0 Å². The molecule has 0 spiro atoms. The number of benzene rings is 4. The molecule has 2 aliphatic heterocycles. The number of aliphatic hydroxyl groups is 1. The first-order valence-corrected chi connectivity index (χ1v) is 26.2. The summed E-state index contributed by atoms with van der Waals surface area (Å²) in [4.78, 5) is 42.9. The van der Waals surface area contributed by atoms with Crippen LogP contribution < -0.4 is 20.1 Å². The maximum Gasteiger partial charge on any atom is 0.273 e. The second-order valence-corrected chi connectivity index (χ2v) is 18.1. The number of likely N-dealkylation sites (N-methyl/N-ethyl adjacent to an activating group) is 2. The molecule has 8 rings (SSSR count). The molecule has 1 saturated heterocycles. The van der Waals surface area contributed by atoms with Crippen molar-refractivity contribution in [3.05, 3.63) is 201 Å². The monoisotopic (exact) mass is 1130 g/mol. The summed E-state index contributed by atoms with van der Waals surface area (Å²) in [5.41, 5.74) is 5.93. The van der Waals surface area contributed by atoms with Crippen molar-refractivity contribution in [1.29, 1.82) is 0 Å². The number of pyridine rings is 2. The van der Waals surface area contributed by atoms with Gasteiger partial charge in [-0.25, -0.2) is 9.97 Å². The number of hydrogen-bond acceptors (Lipinski definition) is 14. The van der Waals surface area contributed by atoms with Crippen LogP contribution >= 0.6 is 46.4 Å². The SMILES string of the molecule is C1=COCCC1.CNC(=O)/C(=N/OC)c1ccccc1COc1ncc(C(O)c2ccccc2)cc1Cl.CNC(=O)/C(=N/OC)c1ccccc1COc1ncc(C(OC2CCCCO2)c2ccccc2)cc1Cl.ClCCl. The Labute approximate surface area is 469 Å². The minimum Gasteiger partial charge on any atom is -0.502 e. The fourth-order valence-electron chi connectivity index (χ4n) is 7.54. The highest BCUT2D eigenvalue weighted by Gasteiger charge is 2.25. The zero-order valence-corrected chi connectivity index (χ0v) is 46.1. The van der Waals surface area contributed by atoms with Gasteiger partial charge in [-0.2, -0.15) is 0 Å². The summed E-state index contributed by atoms with van der Waals surface area (Å²) in [7, 11) is 5.81. The van der Waals surface area contributed by atoms with Crippen LogP contribution in [0.25, 0.3) is 0 Å². The molecule has 6 aromatic rings. The number of oxime groups is 2. The van der Waals surface area contributed by atoms with Gasteiger partial charge in [-0.1, -0.05) is 143 Å². The quantitative estimate of drug-likeness (QED) is 0.0419. The number of halogens is 4. The van der Waals surface area contributed by atoms with Crippen molar-refractivity contribution in [3.63, 3.8) is 0 Å². The third-order valence-electron chi connectivity index (χ3n) is 11.3. The average Bonchev–Trinajstić information content (AvgIpc) is 3.48. The van der Waals surface area contributed by atoms with Crippen LogP contribution in [0.1, 0.15) is 88.8 Å². The van der Waals surface area contributed by atoms with Gasteiger partial charge in [0.1, 0.15) is 49.7 Å². The van der Waals surface area contributed by atoms with Crippen molar-refractivity contribution in [1.82, 2.24) is 20.6 Å². The van der Waals surface area contributed by atoms with E-state index < -0.39 is 6.10 Å². The summed E-state index contributed by atoms with van der Waals surface area (Å²) in [5, 5.41) is 24.2. The molecular formula is C57H62Cl4N6O10. The first kappa shape index (κ1) is 61.1. The van der Waals surface area contributed by atoms with Crippen LogP contribution in [0.15, 0.2) is 156 Å². The fourth-order valence-corrected chi connectivity index (χ4v) is 8.00. The Balaban J connectivity index is 0.000000247. The molecule has 4 heterocycles. The number of nitrogens with zero attached hydrogens (tertiary/aromatic N) is 4. The molecule has 0 bridgehead atoms. The smallest absolute Gasteiger partial charge is 0.273 e. The minimum absolute atomic E-state index is 0.100. The van der Waals surface area contributed by atoms with Crippen LogP contribution in [0.4, 0.5) is 0 Å². The van der Waals surface area contributed by atoms with Gasteiger partial charge in [0.05, 0.1) is 18.2 Å². The molecule has 1 fully saturated rings. The van der Waals surface area contributed by atoms with Crippen molar-refractivity contribution in [2.24, 2.45) is 10.3 Å². The van der Waals surface area contributed by atoms with E-state index in [1.807, 2.05) is 97.1 Å². The normalized spacial score (nSPS) is 14.7. The molecule has 2 amide bonds. The number of carbonyl (C=O) groups is 2. The van der Waals surface area contributed by atoms with E-state index in [9.17, 15) is 14.7 Å². The maximum absolute atomic E-state index is 12.3. The Morgan fingerprint density at radius 2 is 1.17 bits per heavy atom. The second-order valence-electron chi connectivity index (χ2n) is 16.4. The van der Waals surface area contributed by atoms with Crippen molar-refractivity contribution >= 4 is 69.6 Å². The lowest BCUT2D eigenvalue weighted by Crippen LogP contribution is -2.29. The Morgan fingerprint density at radius 3 is 1.60 bits per heavy atom. The number of rotatable bonds is 18. The molecule has 0 aliphatic carbocycles. The number of nitrogens with one attached hydrogen (secondary N) is 2. The molecule has 4 aromatic carbocycles. The van der Waals surface area contributed by atoms with Gasteiger partial charge in [-0.05, 0) is 72.6 Å². The Hall–Kier alpha value is -6.76. The van der Waals surface area contributed by atoms with Crippen molar-refractivity contribution in [2.75, 3.05) is 46.9 Å². The molecule has 0 radical (unpaired) electrons.